The van der Waals surface area contributed by atoms with Crippen molar-refractivity contribution in [1.82, 2.24) is 19.8 Å². The van der Waals surface area contributed by atoms with E-state index in [1.54, 1.807) is 16.6 Å². The second-order valence-electron chi connectivity index (χ2n) is 5.77. The lowest BCUT2D eigenvalue weighted by Gasteiger charge is -2.06. The number of anilines is 2. The summed E-state index contributed by atoms with van der Waals surface area (Å²) in [7, 11) is 0. The number of hydrogen-bond donors (Lipinski definition) is 2. The third-order valence-electron chi connectivity index (χ3n) is 3.92. The summed E-state index contributed by atoms with van der Waals surface area (Å²) in [6, 6.07) is 20.9. The summed E-state index contributed by atoms with van der Waals surface area (Å²) in [5.74, 6) is 1.79. The van der Waals surface area contributed by atoms with E-state index in [0.717, 1.165) is 29.3 Å². The molecular formula is C19H17N5O. The normalized spacial score (nSPS) is 10.9. The first kappa shape index (κ1) is 15.1. The minimum atomic E-state index is 0.274. The third kappa shape index (κ3) is 3.42. The Balaban J connectivity index is 1.56. The predicted molar refractivity (Wildman–Crippen MR) is 96.0 cm³/mol. The van der Waals surface area contributed by atoms with Crippen molar-refractivity contribution >= 4 is 17.2 Å². The van der Waals surface area contributed by atoms with Gasteiger partial charge in [-0.1, -0.05) is 30.3 Å². The van der Waals surface area contributed by atoms with Gasteiger partial charge in [0.1, 0.15) is 5.75 Å². The van der Waals surface area contributed by atoms with Crippen LogP contribution in [0.4, 0.5) is 11.5 Å². The quantitative estimate of drug-likeness (QED) is 0.586. The van der Waals surface area contributed by atoms with Crippen molar-refractivity contribution in [2.24, 2.45) is 0 Å². The summed E-state index contributed by atoms with van der Waals surface area (Å²) in [5.41, 5.74) is 2.74. The number of aromatic nitrogens is 4. The van der Waals surface area contributed by atoms with E-state index in [0.29, 0.717) is 12.1 Å². The predicted octanol–water partition coefficient (Wildman–Crippen LogP) is 3.36. The van der Waals surface area contributed by atoms with Crippen LogP contribution in [0.2, 0.25) is 0 Å². The van der Waals surface area contributed by atoms with E-state index in [9.17, 15) is 5.11 Å². The maximum Gasteiger partial charge on any atom is 0.178 e. The molecule has 0 aliphatic carbocycles. The van der Waals surface area contributed by atoms with Gasteiger partial charge in [0.25, 0.3) is 0 Å². The highest BCUT2D eigenvalue weighted by Crippen LogP contribution is 2.16. The van der Waals surface area contributed by atoms with Crippen LogP contribution in [0.3, 0.4) is 0 Å². The SMILES string of the molecule is Oc1cccc(CCc2nnc3ccc(Nc4ccccc4)nn23)c1. The average Bonchev–Trinajstić information content (AvgIpc) is 3.03. The van der Waals surface area contributed by atoms with Gasteiger partial charge in [0.05, 0.1) is 0 Å². The molecular weight excluding hydrogens is 314 g/mol. The molecule has 0 unspecified atom stereocenters. The lowest BCUT2D eigenvalue weighted by Crippen LogP contribution is -2.04. The number of nitrogens with zero attached hydrogens (tertiary/aromatic N) is 4. The minimum absolute atomic E-state index is 0.274. The Kier molecular flexibility index (Phi) is 4.00. The molecule has 0 atom stereocenters. The number of rotatable bonds is 5. The highest BCUT2D eigenvalue weighted by atomic mass is 16.3. The first-order chi connectivity index (χ1) is 12.3. The molecule has 6 heteroatoms. The molecule has 25 heavy (non-hydrogen) atoms. The van der Waals surface area contributed by atoms with Crippen molar-refractivity contribution in [3.05, 3.63) is 78.1 Å². The summed E-state index contributed by atoms with van der Waals surface area (Å²) in [6.45, 7) is 0. The van der Waals surface area contributed by atoms with E-state index in [-0.39, 0.29) is 5.75 Å². The highest BCUT2D eigenvalue weighted by Gasteiger charge is 2.08. The standard InChI is InChI=1S/C19H17N5O/c25-16-8-4-5-14(13-16)9-11-18-21-22-19-12-10-17(23-24(18)19)20-15-6-2-1-3-7-15/h1-8,10,12-13,25H,9,11H2,(H,20,23). The van der Waals surface area contributed by atoms with Crippen molar-refractivity contribution in [1.29, 1.82) is 0 Å². The molecule has 4 aromatic rings. The van der Waals surface area contributed by atoms with Gasteiger partial charge in [-0.3, -0.25) is 0 Å². The molecule has 0 spiro atoms. The van der Waals surface area contributed by atoms with Gasteiger partial charge in [0.15, 0.2) is 17.3 Å². The Bertz CT molecular complexity index is 997. The lowest BCUT2D eigenvalue weighted by molar-refractivity contribution is 0.474. The van der Waals surface area contributed by atoms with E-state index < -0.39 is 0 Å². The van der Waals surface area contributed by atoms with Crippen LogP contribution in [-0.2, 0) is 12.8 Å². The molecule has 2 heterocycles. The van der Waals surface area contributed by atoms with E-state index in [1.807, 2.05) is 54.6 Å². The van der Waals surface area contributed by atoms with E-state index in [4.69, 9.17) is 0 Å². The van der Waals surface area contributed by atoms with Gasteiger partial charge < -0.3 is 10.4 Å². The molecule has 0 saturated carbocycles. The number of hydrogen-bond acceptors (Lipinski definition) is 5. The molecule has 0 fully saturated rings. The lowest BCUT2D eigenvalue weighted by atomic mass is 10.1. The summed E-state index contributed by atoms with van der Waals surface area (Å²) in [6.07, 6.45) is 1.44. The zero-order valence-electron chi connectivity index (χ0n) is 13.5. The highest BCUT2D eigenvalue weighted by molar-refractivity contribution is 5.56. The summed E-state index contributed by atoms with van der Waals surface area (Å²) in [4.78, 5) is 0. The molecule has 0 bridgehead atoms. The number of phenolic OH excluding ortho intramolecular Hbond substituents is 1. The zero-order chi connectivity index (χ0) is 17.1. The number of benzene rings is 2. The zero-order valence-corrected chi connectivity index (χ0v) is 13.5. The Labute approximate surface area is 144 Å². The number of phenols is 1. The Hall–Kier alpha value is -3.41. The van der Waals surface area contributed by atoms with Crippen LogP contribution in [0.15, 0.2) is 66.7 Å². The van der Waals surface area contributed by atoms with Crippen LogP contribution in [0, 0.1) is 0 Å². The van der Waals surface area contributed by atoms with Crippen LogP contribution in [0.1, 0.15) is 11.4 Å². The average molecular weight is 331 g/mol. The van der Waals surface area contributed by atoms with Crippen molar-refractivity contribution in [3.8, 4) is 5.75 Å². The monoisotopic (exact) mass is 331 g/mol. The van der Waals surface area contributed by atoms with Crippen LogP contribution >= 0.6 is 0 Å². The fourth-order valence-corrected chi connectivity index (χ4v) is 2.69. The van der Waals surface area contributed by atoms with Gasteiger partial charge in [0.2, 0.25) is 0 Å². The Morgan fingerprint density at radius 3 is 2.60 bits per heavy atom. The van der Waals surface area contributed by atoms with Gasteiger partial charge in [-0.2, -0.15) is 4.52 Å². The molecule has 2 aromatic carbocycles. The van der Waals surface area contributed by atoms with Gasteiger partial charge in [-0.25, -0.2) is 0 Å². The van der Waals surface area contributed by atoms with Gasteiger partial charge >= 0.3 is 0 Å². The van der Waals surface area contributed by atoms with E-state index in [2.05, 4.69) is 20.6 Å². The molecule has 2 aromatic heterocycles. The molecule has 6 nitrogen and oxygen atoms in total. The van der Waals surface area contributed by atoms with Crippen LogP contribution in [0.25, 0.3) is 5.65 Å². The number of fused-ring (bicyclic) bond motifs is 1. The molecule has 4 rings (SSSR count). The van der Waals surface area contributed by atoms with Crippen LogP contribution in [-0.4, -0.2) is 24.9 Å². The van der Waals surface area contributed by atoms with Crippen LogP contribution < -0.4 is 5.32 Å². The first-order valence-electron chi connectivity index (χ1n) is 8.09. The smallest absolute Gasteiger partial charge is 0.178 e. The summed E-state index contributed by atoms with van der Waals surface area (Å²) in [5, 5.41) is 25.8. The second kappa shape index (κ2) is 6.60. The van der Waals surface area contributed by atoms with Crippen molar-refractivity contribution in [2.45, 2.75) is 12.8 Å². The summed E-state index contributed by atoms with van der Waals surface area (Å²) < 4.78 is 1.76. The van der Waals surface area contributed by atoms with Crippen molar-refractivity contribution in [2.75, 3.05) is 5.32 Å². The Morgan fingerprint density at radius 2 is 1.76 bits per heavy atom. The molecule has 0 aliphatic rings. The van der Waals surface area contributed by atoms with E-state index in [1.165, 1.54) is 0 Å². The van der Waals surface area contributed by atoms with Gasteiger partial charge in [-0.15, -0.1) is 15.3 Å². The maximum absolute atomic E-state index is 9.56. The topological polar surface area (TPSA) is 75.3 Å². The van der Waals surface area contributed by atoms with E-state index >= 15 is 0 Å². The fourth-order valence-electron chi connectivity index (χ4n) is 2.69. The van der Waals surface area contributed by atoms with Gasteiger partial charge in [-0.05, 0) is 48.4 Å². The molecule has 0 aliphatic heterocycles. The molecule has 0 amide bonds. The molecule has 2 N–H and O–H groups in total. The van der Waals surface area contributed by atoms with Crippen LogP contribution in [0.5, 0.6) is 5.75 Å². The molecule has 0 saturated heterocycles. The maximum atomic E-state index is 9.56. The number of nitrogens with one attached hydrogen (secondary N) is 1. The van der Waals surface area contributed by atoms with Gasteiger partial charge in [0, 0.05) is 12.1 Å². The second-order valence-corrected chi connectivity index (χ2v) is 5.77. The third-order valence-corrected chi connectivity index (χ3v) is 3.92. The number of para-hydroxylation sites is 1. The fraction of sp³-hybridized carbons (Fsp3) is 0.105. The molecule has 124 valence electrons. The van der Waals surface area contributed by atoms with Crippen molar-refractivity contribution in [3.63, 3.8) is 0 Å². The largest absolute Gasteiger partial charge is 0.508 e. The van der Waals surface area contributed by atoms with Crippen molar-refractivity contribution < 1.29 is 5.11 Å². The minimum Gasteiger partial charge on any atom is -0.508 e. The number of aromatic hydroxyl groups is 1. The summed E-state index contributed by atoms with van der Waals surface area (Å²) >= 11 is 0. The Morgan fingerprint density at radius 1 is 0.880 bits per heavy atom. The first-order valence-corrected chi connectivity index (χ1v) is 8.09. The molecule has 0 radical (unpaired) electrons. The number of aryl methyl sites for hydroxylation is 2.